The minimum atomic E-state index is -0.601. The molecule has 0 aliphatic carbocycles. The van der Waals surface area contributed by atoms with Gasteiger partial charge in [0.2, 0.25) is 0 Å². The first kappa shape index (κ1) is 21.4. The lowest BCUT2D eigenvalue weighted by atomic mass is 10.1. The van der Waals surface area contributed by atoms with Crippen LogP contribution in [0.1, 0.15) is 20.9 Å². The number of ether oxygens (including phenoxy) is 1. The minimum absolute atomic E-state index is 0.203. The number of aromatic nitrogens is 2. The van der Waals surface area contributed by atoms with Crippen LogP contribution < -0.4 is 0 Å². The highest BCUT2D eigenvalue weighted by molar-refractivity contribution is 5.98. The molecule has 9 heteroatoms. The average Bonchev–Trinajstić information content (AvgIpc) is 3.57. The van der Waals surface area contributed by atoms with E-state index in [1.165, 1.54) is 6.26 Å². The summed E-state index contributed by atoms with van der Waals surface area (Å²) in [6, 6.07) is 17.8. The number of carbonyl (C=O) groups excluding carboxylic acids is 3. The van der Waals surface area contributed by atoms with Gasteiger partial charge in [0.05, 0.1) is 22.9 Å². The number of nitrogens with one attached hydrogen (secondary N) is 1. The fraction of sp³-hybridized carbons (Fsp3) is 0.200. The third-order valence-electron chi connectivity index (χ3n) is 5.77. The van der Waals surface area contributed by atoms with E-state index in [0.717, 1.165) is 11.0 Å². The van der Waals surface area contributed by atoms with Crippen molar-refractivity contribution < 1.29 is 23.5 Å². The fourth-order valence-corrected chi connectivity index (χ4v) is 3.96. The molecule has 1 saturated heterocycles. The lowest BCUT2D eigenvalue weighted by Gasteiger charge is -2.34. The van der Waals surface area contributed by atoms with E-state index in [-0.39, 0.29) is 24.2 Å². The van der Waals surface area contributed by atoms with Crippen LogP contribution in [0.15, 0.2) is 71.3 Å². The maximum Gasteiger partial charge on any atom is 0.339 e. The molecule has 172 valence electrons. The van der Waals surface area contributed by atoms with E-state index in [2.05, 4.69) is 9.97 Å². The molecule has 0 saturated carbocycles. The van der Waals surface area contributed by atoms with E-state index in [1.807, 2.05) is 30.3 Å². The summed E-state index contributed by atoms with van der Waals surface area (Å²) in [4.78, 5) is 48.8. The number of rotatable bonds is 5. The molecule has 2 aromatic carbocycles. The number of amides is 2. The number of furan rings is 1. The largest absolute Gasteiger partial charge is 0.459 e. The summed E-state index contributed by atoms with van der Waals surface area (Å²) in [5, 5.41) is 0. The minimum Gasteiger partial charge on any atom is -0.459 e. The second-order valence-electron chi connectivity index (χ2n) is 7.87. The van der Waals surface area contributed by atoms with Gasteiger partial charge in [0.25, 0.3) is 11.8 Å². The number of esters is 1. The molecule has 3 heterocycles. The van der Waals surface area contributed by atoms with Crippen LogP contribution >= 0.6 is 0 Å². The summed E-state index contributed by atoms with van der Waals surface area (Å²) < 4.78 is 10.5. The second-order valence-corrected chi connectivity index (χ2v) is 7.87. The van der Waals surface area contributed by atoms with Gasteiger partial charge in [-0.2, -0.15) is 0 Å². The van der Waals surface area contributed by atoms with Crippen molar-refractivity contribution in [1.82, 2.24) is 19.8 Å². The number of benzene rings is 2. The van der Waals surface area contributed by atoms with Gasteiger partial charge in [-0.25, -0.2) is 9.78 Å². The van der Waals surface area contributed by atoms with Gasteiger partial charge in [-0.1, -0.05) is 30.3 Å². The number of imidazole rings is 1. The number of aromatic amines is 1. The molecule has 0 unspecified atom stereocenters. The number of fused-ring (bicyclic) bond motifs is 1. The third kappa shape index (κ3) is 4.27. The third-order valence-corrected chi connectivity index (χ3v) is 5.77. The summed E-state index contributed by atoms with van der Waals surface area (Å²) >= 11 is 0. The molecule has 5 rings (SSSR count). The number of hydrogen-bond acceptors (Lipinski definition) is 6. The Labute approximate surface area is 194 Å². The fourth-order valence-electron chi connectivity index (χ4n) is 3.96. The maximum absolute atomic E-state index is 12.8. The summed E-state index contributed by atoms with van der Waals surface area (Å²) in [6.07, 6.45) is 1.45. The summed E-state index contributed by atoms with van der Waals surface area (Å²) in [6.45, 7) is 1.11. The van der Waals surface area contributed by atoms with Crippen molar-refractivity contribution in [3.8, 4) is 11.4 Å². The highest BCUT2D eigenvalue weighted by Crippen LogP contribution is 2.24. The summed E-state index contributed by atoms with van der Waals surface area (Å²) in [5.41, 5.74) is 2.57. The molecule has 0 atom stereocenters. The quantitative estimate of drug-likeness (QED) is 0.461. The van der Waals surface area contributed by atoms with Crippen molar-refractivity contribution in [3.63, 3.8) is 0 Å². The SMILES string of the molecule is O=C(OCC(=O)N1CCN(C(=O)c2ccco2)CC1)c1ccccc1-c1nc2ccccc2[nH]1. The molecular weight excluding hydrogens is 436 g/mol. The van der Waals surface area contributed by atoms with E-state index in [1.54, 1.807) is 40.1 Å². The van der Waals surface area contributed by atoms with Gasteiger partial charge in [-0.15, -0.1) is 0 Å². The molecule has 0 radical (unpaired) electrons. The van der Waals surface area contributed by atoms with Crippen LogP contribution in [0.25, 0.3) is 22.4 Å². The van der Waals surface area contributed by atoms with Crippen molar-refractivity contribution in [2.45, 2.75) is 0 Å². The monoisotopic (exact) mass is 458 g/mol. The zero-order chi connectivity index (χ0) is 23.5. The lowest BCUT2D eigenvalue weighted by molar-refractivity contribution is -0.136. The van der Waals surface area contributed by atoms with Gasteiger partial charge >= 0.3 is 5.97 Å². The lowest BCUT2D eigenvalue weighted by Crippen LogP contribution is -2.51. The smallest absolute Gasteiger partial charge is 0.339 e. The summed E-state index contributed by atoms with van der Waals surface area (Å²) in [7, 11) is 0. The predicted molar refractivity (Wildman–Crippen MR) is 123 cm³/mol. The van der Waals surface area contributed by atoms with Gasteiger partial charge in [-0.3, -0.25) is 9.59 Å². The first-order valence-electron chi connectivity index (χ1n) is 10.9. The van der Waals surface area contributed by atoms with Crippen LogP contribution in [0.4, 0.5) is 0 Å². The molecule has 34 heavy (non-hydrogen) atoms. The van der Waals surface area contributed by atoms with Gasteiger partial charge in [0, 0.05) is 31.7 Å². The molecule has 0 spiro atoms. The van der Waals surface area contributed by atoms with Crippen molar-refractivity contribution in [2.24, 2.45) is 0 Å². The van der Waals surface area contributed by atoms with Crippen LogP contribution in [0.2, 0.25) is 0 Å². The Morgan fingerprint density at radius 2 is 1.65 bits per heavy atom. The van der Waals surface area contributed by atoms with Crippen molar-refractivity contribution in [1.29, 1.82) is 0 Å². The molecule has 1 aliphatic heterocycles. The van der Waals surface area contributed by atoms with Crippen LogP contribution in [0.5, 0.6) is 0 Å². The standard InChI is InChI=1S/C25H22N4O5/c30-22(28-11-13-29(14-12-28)24(31)21-10-5-15-33-21)16-34-25(32)18-7-2-1-6-17(18)23-26-19-8-3-4-9-20(19)27-23/h1-10,15H,11-14,16H2,(H,26,27). The van der Waals surface area contributed by atoms with Crippen LogP contribution in [-0.2, 0) is 9.53 Å². The van der Waals surface area contributed by atoms with E-state index >= 15 is 0 Å². The van der Waals surface area contributed by atoms with Gasteiger partial charge in [0.1, 0.15) is 5.82 Å². The number of piperazine rings is 1. The molecule has 1 aliphatic rings. The van der Waals surface area contributed by atoms with E-state index in [0.29, 0.717) is 43.1 Å². The Hall–Kier alpha value is -4.40. The number of H-pyrrole nitrogens is 1. The van der Waals surface area contributed by atoms with Crippen LogP contribution in [-0.4, -0.2) is 70.3 Å². The van der Waals surface area contributed by atoms with Crippen molar-refractivity contribution in [2.75, 3.05) is 32.8 Å². The molecule has 2 aromatic heterocycles. The van der Waals surface area contributed by atoms with E-state index < -0.39 is 5.97 Å². The Morgan fingerprint density at radius 1 is 0.912 bits per heavy atom. The number of nitrogens with zero attached hydrogens (tertiary/aromatic N) is 3. The van der Waals surface area contributed by atoms with Gasteiger partial charge in [-0.05, 0) is 30.3 Å². The van der Waals surface area contributed by atoms with Gasteiger partial charge < -0.3 is 23.9 Å². The Morgan fingerprint density at radius 3 is 2.41 bits per heavy atom. The molecule has 9 nitrogen and oxygen atoms in total. The number of hydrogen-bond donors (Lipinski definition) is 1. The van der Waals surface area contributed by atoms with Crippen LogP contribution in [0, 0.1) is 0 Å². The molecule has 2 amide bonds. The zero-order valence-corrected chi connectivity index (χ0v) is 18.3. The van der Waals surface area contributed by atoms with E-state index in [9.17, 15) is 14.4 Å². The maximum atomic E-state index is 12.8. The number of carbonyl (C=O) groups is 3. The Bertz CT molecular complexity index is 1300. The van der Waals surface area contributed by atoms with Crippen LogP contribution in [0.3, 0.4) is 0 Å². The molecule has 1 N–H and O–H groups in total. The molecule has 1 fully saturated rings. The predicted octanol–water partition coefficient (Wildman–Crippen LogP) is 2.96. The first-order chi connectivity index (χ1) is 16.6. The second kappa shape index (κ2) is 9.22. The van der Waals surface area contributed by atoms with Gasteiger partial charge in [0.15, 0.2) is 12.4 Å². The molecule has 0 bridgehead atoms. The molecule has 4 aromatic rings. The van der Waals surface area contributed by atoms with Crippen molar-refractivity contribution >= 4 is 28.8 Å². The normalized spacial score (nSPS) is 13.8. The van der Waals surface area contributed by atoms with E-state index in [4.69, 9.17) is 9.15 Å². The zero-order valence-electron chi connectivity index (χ0n) is 18.3. The highest BCUT2D eigenvalue weighted by atomic mass is 16.5. The number of para-hydroxylation sites is 2. The average molecular weight is 458 g/mol. The Kier molecular flexibility index (Phi) is 5.82. The van der Waals surface area contributed by atoms with Crippen molar-refractivity contribution in [3.05, 3.63) is 78.3 Å². The summed E-state index contributed by atoms with van der Waals surface area (Å²) in [5.74, 6) is -0.282. The molecular formula is C25H22N4O5. The Balaban J connectivity index is 1.20. The topological polar surface area (TPSA) is 109 Å². The first-order valence-corrected chi connectivity index (χ1v) is 10.9. The highest BCUT2D eigenvalue weighted by Gasteiger charge is 2.27.